The molecule has 0 atom stereocenters. The predicted octanol–water partition coefficient (Wildman–Crippen LogP) is 3.70. The van der Waals surface area contributed by atoms with Gasteiger partial charge in [-0.05, 0) is 36.4 Å². The fourth-order valence-corrected chi connectivity index (χ4v) is 3.56. The SMILES string of the molecule is O=c1c2c(-c3ccc([N+](=O)[O-])cc3)onc2n(-c2ccccc2)c(=O)n1-c1ccccc1. The first kappa shape index (κ1) is 19.2. The van der Waals surface area contributed by atoms with Crippen LogP contribution in [-0.4, -0.2) is 19.2 Å². The van der Waals surface area contributed by atoms with E-state index in [4.69, 9.17) is 4.52 Å². The van der Waals surface area contributed by atoms with Gasteiger partial charge in [0.05, 0.1) is 16.3 Å². The van der Waals surface area contributed by atoms with Gasteiger partial charge in [-0.1, -0.05) is 41.6 Å². The highest BCUT2D eigenvalue weighted by Gasteiger charge is 2.24. The van der Waals surface area contributed by atoms with Crippen molar-refractivity contribution in [3.8, 4) is 22.7 Å². The molecule has 9 nitrogen and oxygen atoms in total. The van der Waals surface area contributed by atoms with Gasteiger partial charge in [0.1, 0.15) is 5.39 Å². The van der Waals surface area contributed by atoms with Crippen LogP contribution in [0.1, 0.15) is 0 Å². The molecule has 0 unspecified atom stereocenters. The van der Waals surface area contributed by atoms with Crippen molar-refractivity contribution >= 4 is 16.7 Å². The lowest BCUT2D eigenvalue weighted by molar-refractivity contribution is -0.384. The standard InChI is InChI=1S/C23H14N4O5/c28-22-19-20(15-11-13-18(14-12-15)27(30)31)32-24-21(19)25(16-7-3-1-4-8-16)23(29)26(22)17-9-5-2-6-10-17/h1-14H. The van der Waals surface area contributed by atoms with Crippen molar-refractivity contribution < 1.29 is 9.45 Å². The molecule has 0 N–H and O–H groups in total. The van der Waals surface area contributed by atoms with Gasteiger partial charge in [-0.2, -0.15) is 0 Å². The van der Waals surface area contributed by atoms with E-state index in [9.17, 15) is 19.7 Å². The molecule has 0 aliphatic heterocycles. The van der Waals surface area contributed by atoms with E-state index < -0.39 is 16.2 Å². The second-order valence-corrected chi connectivity index (χ2v) is 6.94. The average molecular weight is 426 g/mol. The third kappa shape index (κ3) is 3.00. The molecule has 0 saturated carbocycles. The largest absolute Gasteiger partial charge is 0.353 e. The van der Waals surface area contributed by atoms with Crippen molar-refractivity contribution in [2.75, 3.05) is 0 Å². The number of hydrogen-bond acceptors (Lipinski definition) is 6. The number of para-hydroxylation sites is 2. The van der Waals surface area contributed by atoms with Gasteiger partial charge >= 0.3 is 5.69 Å². The minimum Gasteiger partial charge on any atom is -0.353 e. The number of nitrogens with zero attached hydrogens (tertiary/aromatic N) is 4. The summed E-state index contributed by atoms with van der Waals surface area (Å²) in [7, 11) is 0. The molecule has 0 spiro atoms. The maximum Gasteiger partial charge on any atom is 0.342 e. The average Bonchev–Trinajstić information content (AvgIpc) is 3.26. The number of benzene rings is 3. The van der Waals surface area contributed by atoms with Crippen LogP contribution in [0.2, 0.25) is 0 Å². The van der Waals surface area contributed by atoms with Crippen LogP contribution in [0.15, 0.2) is 99.0 Å². The Morgan fingerprint density at radius 3 is 1.91 bits per heavy atom. The lowest BCUT2D eigenvalue weighted by Gasteiger charge is -2.11. The first-order valence-electron chi connectivity index (χ1n) is 9.59. The fourth-order valence-electron chi connectivity index (χ4n) is 3.56. The van der Waals surface area contributed by atoms with Crippen LogP contribution in [0.3, 0.4) is 0 Å². The van der Waals surface area contributed by atoms with Gasteiger partial charge in [0.15, 0.2) is 11.4 Å². The summed E-state index contributed by atoms with van der Waals surface area (Å²) < 4.78 is 7.86. The molecule has 0 aliphatic carbocycles. The molecule has 9 heteroatoms. The Kier molecular flexibility index (Phi) is 4.48. The number of hydrogen-bond donors (Lipinski definition) is 0. The second-order valence-electron chi connectivity index (χ2n) is 6.94. The minimum atomic E-state index is -0.599. The Balaban J connectivity index is 1.88. The van der Waals surface area contributed by atoms with E-state index in [1.165, 1.54) is 28.8 Å². The predicted molar refractivity (Wildman–Crippen MR) is 117 cm³/mol. The number of rotatable bonds is 4. The third-order valence-corrected chi connectivity index (χ3v) is 5.05. The molecule has 0 amide bonds. The quantitative estimate of drug-likeness (QED) is 0.320. The topological polar surface area (TPSA) is 113 Å². The Hall–Kier alpha value is -4.79. The Morgan fingerprint density at radius 2 is 1.34 bits per heavy atom. The van der Waals surface area contributed by atoms with Crippen LogP contribution in [0, 0.1) is 10.1 Å². The molecule has 156 valence electrons. The van der Waals surface area contributed by atoms with Crippen LogP contribution in [-0.2, 0) is 0 Å². The van der Waals surface area contributed by atoms with Gasteiger partial charge in [0, 0.05) is 17.7 Å². The van der Waals surface area contributed by atoms with Gasteiger partial charge in [-0.25, -0.2) is 13.9 Å². The van der Waals surface area contributed by atoms with Gasteiger partial charge < -0.3 is 4.52 Å². The lowest BCUT2D eigenvalue weighted by atomic mass is 10.1. The van der Waals surface area contributed by atoms with Crippen LogP contribution in [0.4, 0.5) is 5.69 Å². The van der Waals surface area contributed by atoms with E-state index in [0.717, 1.165) is 4.57 Å². The van der Waals surface area contributed by atoms with Crippen LogP contribution in [0.25, 0.3) is 33.7 Å². The zero-order valence-electron chi connectivity index (χ0n) is 16.4. The molecule has 2 aromatic heterocycles. The van der Waals surface area contributed by atoms with Crippen molar-refractivity contribution in [2.45, 2.75) is 0 Å². The van der Waals surface area contributed by atoms with Crippen molar-refractivity contribution in [2.24, 2.45) is 0 Å². The second kappa shape index (κ2) is 7.47. The summed E-state index contributed by atoms with van der Waals surface area (Å²) in [4.78, 5) is 37.4. The maximum absolute atomic E-state index is 13.5. The smallest absolute Gasteiger partial charge is 0.342 e. The lowest BCUT2D eigenvalue weighted by Crippen LogP contribution is -2.38. The zero-order chi connectivity index (χ0) is 22.2. The molecule has 5 aromatic rings. The monoisotopic (exact) mass is 426 g/mol. The molecule has 0 saturated heterocycles. The summed E-state index contributed by atoms with van der Waals surface area (Å²) in [6.07, 6.45) is 0. The summed E-state index contributed by atoms with van der Waals surface area (Å²) in [5.41, 5.74) is 0.0994. The van der Waals surface area contributed by atoms with E-state index in [2.05, 4.69) is 5.16 Å². The molecule has 32 heavy (non-hydrogen) atoms. The van der Waals surface area contributed by atoms with Gasteiger partial charge in [-0.3, -0.25) is 14.9 Å². The number of aromatic nitrogens is 3. The van der Waals surface area contributed by atoms with Crippen molar-refractivity contribution in [3.05, 3.63) is 116 Å². The first-order valence-corrected chi connectivity index (χ1v) is 9.59. The number of non-ortho nitro benzene ring substituents is 1. The van der Waals surface area contributed by atoms with Gasteiger partial charge in [0.25, 0.3) is 11.2 Å². The number of nitro groups is 1. The normalized spacial score (nSPS) is 11.0. The number of fused-ring (bicyclic) bond motifs is 1. The Bertz CT molecular complexity index is 1570. The summed E-state index contributed by atoms with van der Waals surface area (Å²) >= 11 is 0. The van der Waals surface area contributed by atoms with Gasteiger partial charge in [0.2, 0.25) is 0 Å². The summed E-state index contributed by atoms with van der Waals surface area (Å²) in [6.45, 7) is 0. The Labute approximate surface area is 179 Å². The molecule has 0 fully saturated rings. The van der Waals surface area contributed by atoms with E-state index >= 15 is 0 Å². The van der Waals surface area contributed by atoms with Crippen LogP contribution < -0.4 is 11.2 Å². The molecule has 5 rings (SSSR count). The van der Waals surface area contributed by atoms with Crippen molar-refractivity contribution in [1.29, 1.82) is 0 Å². The molecular weight excluding hydrogens is 412 g/mol. The first-order chi connectivity index (χ1) is 15.6. The molecule has 2 heterocycles. The fraction of sp³-hybridized carbons (Fsp3) is 0. The van der Waals surface area contributed by atoms with E-state index in [0.29, 0.717) is 16.9 Å². The van der Waals surface area contributed by atoms with Crippen molar-refractivity contribution in [1.82, 2.24) is 14.3 Å². The minimum absolute atomic E-state index is 0.0618. The number of nitro benzene ring substituents is 1. The Morgan fingerprint density at radius 1 is 0.781 bits per heavy atom. The molecule has 0 aliphatic rings. The summed E-state index contributed by atoms with van der Waals surface area (Å²) in [5, 5.41) is 15.1. The van der Waals surface area contributed by atoms with Gasteiger partial charge in [-0.15, -0.1) is 0 Å². The highest BCUT2D eigenvalue weighted by molar-refractivity contribution is 5.90. The van der Waals surface area contributed by atoms with Crippen molar-refractivity contribution in [3.63, 3.8) is 0 Å². The zero-order valence-corrected chi connectivity index (χ0v) is 16.4. The third-order valence-electron chi connectivity index (χ3n) is 5.05. The van der Waals surface area contributed by atoms with Crippen LogP contribution >= 0.6 is 0 Å². The molecule has 0 bridgehead atoms. The molecule has 0 radical (unpaired) electrons. The highest BCUT2D eigenvalue weighted by Crippen LogP contribution is 2.28. The molecule has 3 aromatic carbocycles. The highest BCUT2D eigenvalue weighted by atomic mass is 16.6. The summed E-state index contributed by atoms with van der Waals surface area (Å²) in [5.74, 6) is 0.120. The molecular formula is C23H14N4O5. The van der Waals surface area contributed by atoms with E-state index in [1.54, 1.807) is 54.6 Å². The maximum atomic E-state index is 13.5. The summed E-state index contributed by atoms with van der Waals surface area (Å²) in [6, 6.07) is 22.9. The van der Waals surface area contributed by atoms with E-state index in [1.807, 2.05) is 6.07 Å². The van der Waals surface area contributed by atoms with E-state index in [-0.39, 0.29) is 22.5 Å². The van der Waals surface area contributed by atoms with Crippen LogP contribution in [0.5, 0.6) is 0 Å².